The van der Waals surface area contributed by atoms with Gasteiger partial charge in [-0.15, -0.1) is 0 Å². The van der Waals surface area contributed by atoms with E-state index in [1.807, 2.05) is 13.8 Å². The van der Waals surface area contributed by atoms with Crippen LogP contribution in [-0.4, -0.2) is 20.1 Å². The first-order chi connectivity index (χ1) is 9.35. The number of aliphatic hydroxyl groups is 1. The lowest BCUT2D eigenvalue weighted by molar-refractivity contribution is 0.281. The minimum atomic E-state index is -3.71. The van der Waals surface area contributed by atoms with Crippen LogP contribution in [0.3, 0.4) is 0 Å². The largest absolute Gasteiger partial charge is 0.392 e. The molecule has 0 aliphatic heterocycles. The van der Waals surface area contributed by atoms with Gasteiger partial charge >= 0.3 is 0 Å². The van der Waals surface area contributed by atoms with Crippen LogP contribution in [0.15, 0.2) is 17.0 Å². The van der Waals surface area contributed by atoms with Crippen LogP contribution in [0.2, 0.25) is 10.0 Å². The lowest BCUT2D eigenvalue weighted by Gasteiger charge is -2.15. The highest BCUT2D eigenvalue weighted by molar-refractivity contribution is 7.89. The molecule has 1 rings (SSSR count). The van der Waals surface area contributed by atoms with Gasteiger partial charge in [-0.2, -0.15) is 0 Å². The average molecular weight is 340 g/mol. The summed E-state index contributed by atoms with van der Waals surface area (Å²) in [5.74, 6) is 0.285. The van der Waals surface area contributed by atoms with E-state index >= 15 is 0 Å². The maximum atomic E-state index is 12.2. The molecule has 0 saturated heterocycles. The number of nitrogens with one attached hydrogen (secondary N) is 1. The van der Waals surface area contributed by atoms with Gasteiger partial charge in [-0.25, -0.2) is 13.1 Å². The fraction of sp³-hybridized carbons (Fsp3) is 0.538. The predicted molar refractivity (Wildman–Crippen MR) is 81.6 cm³/mol. The summed E-state index contributed by atoms with van der Waals surface area (Å²) in [6.45, 7) is 4.05. The molecule has 0 aromatic heterocycles. The number of rotatable bonds is 7. The topological polar surface area (TPSA) is 66.4 Å². The number of sulfonamides is 1. The fourth-order valence-corrected chi connectivity index (χ4v) is 3.75. The second kappa shape index (κ2) is 7.61. The normalized spacial score (nSPS) is 12.1. The zero-order valence-electron chi connectivity index (χ0n) is 11.5. The van der Waals surface area contributed by atoms with E-state index in [2.05, 4.69) is 4.72 Å². The van der Waals surface area contributed by atoms with Crippen LogP contribution >= 0.6 is 23.2 Å². The molecule has 1 aromatic rings. The maximum absolute atomic E-state index is 12.2. The summed E-state index contributed by atoms with van der Waals surface area (Å²) in [5, 5.41) is 9.44. The molecule has 0 heterocycles. The lowest BCUT2D eigenvalue weighted by atomic mass is 10.0. The molecular formula is C13H19Cl2NO3S. The molecule has 0 aliphatic carbocycles. The molecule has 4 nitrogen and oxygen atoms in total. The number of hydrogen-bond acceptors (Lipinski definition) is 3. The Bertz CT molecular complexity index is 557. The summed E-state index contributed by atoms with van der Waals surface area (Å²) >= 11 is 11.8. The molecule has 0 bridgehead atoms. The van der Waals surface area contributed by atoms with Gasteiger partial charge < -0.3 is 5.11 Å². The third-order valence-electron chi connectivity index (χ3n) is 3.28. The Labute approximate surface area is 130 Å². The van der Waals surface area contributed by atoms with Gasteiger partial charge in [0.1, 0.15) is 4.90 Å². The molecule has 0 unspecified atom stereocenters. The van der Waals surface area contributed by atoms with Crippen LogP contribution in [0.5, 0.6) is 0 Å². The molecule has 0 atom stereocenters. The van der Waals surface area contributed by atoms with Crippen LogP contribution in [0, 0.1) is 5.92 Å². The van der Waals surface area contributed by atoms with Crippen molar-refractivity contribution < 1.29 is 13.5 Å². The van der Waals surface area contributed by atoms with Crippen LogP contribution in [-0.2, 0) is 16.6 Å². The monoisotopic (exact) mass is 339 g/mol. The molecular weight excluding hydrogens is 321 g/mol. The minimum absolute atomic E-state index is 0.0456. The molecule has 0 radical (unpaired) electrons. The standard InChI is InChI=1S/C13H19Cl2NO3S/c1-3-9(4-2)7-16-20(18,19)13-5-10(8-17)11(14)6-12(13)15/h5-6,9,16-17H,3-4,7-8H2,1-2H3. The highest BCUT2D eigenvalue weighted by Crippen LogP contribution is 2.28. The highest BCUT2D eigenvalue weighted by Gasteiger charge is 2.20. The Kier molecular flexibility index (Phi) is 6.75. The van der Waals surface area contributed by atoms with Crippen molar-refractivity contribution in [3.8, 4) is 0 Å². The molecule has 7 heteroatoms. The first-order valence-corrected chi connectivity index (χ1v) is 8.68. The second-order valence-corrected chi connectivity index (χ2v) is 7.12. The van der Waals surface area contributed by atoms with Crippen molar-refractivity contribution in [3.63, 3.8) is 0 Å². The fourth-order valence-electron chi connectivity index (χ4n) is 1.78. The molecule has 0 fully saturated rings. The van der Waals surface area contributed by atoms with Crippen molar-refractivity contribution in [2.24, 2.45) is 5.92 Å². The van der Waals surface area contributed by atoms with Crippen molar-refractivity contribution in [2.45, 2.75) is 38.2 Å². The van der Waals surface area contributed by atoms with Crippen LogP contribution in [0.4, 0.5) is 0 Å². The van der Waals surface area contributed by atoms with Crippen LogP contribution < -0.4 is 4.72 Å². The van der Waals surface area contributed by atoms with Gasteiger partial charge in [0.2, 0.25) is 10.0 Å². The van der Waals surface area contributed by atoms with Crippen molar-refractivity contribution in [1.82, 2.24) is 4.72 Å². The molecule has 0 amide bonds. The molecule has 20 heavy (non-hydrogen) atoms. The predicted octanol–water partition coefficient (Wildman–Crippen LogP) is 3.20. The average Bonchev–Trinajstić information content (AvgIpc) is 2.39. The van der Waals surface area contributed by atoms with E-state index in [-0.39, 0.29) is 27.5 Å². The number of halogens is 2. The van der Waals surface area contributed by atoms with Gasteiger partial charge in [0.05, 0.1) is 11.6 Å². The Hall–Kier alpha value is -0.330. The summed E-state index contributed by atoms with van der Waals surface area (Å²) in [6, 6.07) is 2.64. The van der Waals surface area contributed by atoms with Gasteiger partial charge in [0.25, 0.3) is 0 Å². The maximum Gasteiger partial charge on any atom is 0.242 e. The molecule has 2 N–H and O–H groups in total. The molecule has 0 aliphatic rings. The van der Waals surface area contributed by atoms with Gasteiger partial charge in [0, 0.05) is 11.6 Å². The molecule has 0 spiro atoms. The molecule has 114 valence electrons. The van der Waals surface area contributed by atoms with Gasteiger partial charge in [-0.3, -0.25) is 0 Å². The molecule has 0 saturated carbocycles. The SMILES string of the molecule is CCC(CC)CNS(=O)(=O)c1cc(CO)c(Cl)cc1Cl. The first kappa shape index (κ1) is 17.7. The first-order valence-electron chi connectivity index (χ1n) is 6.44. The van der Waals surface area contributed by atoms with Crippen molar-refractivity contribution >= 4 is 33.2 Å². The Morgan fingerprint density at radius 2 is 1.80 bits per heavy atom. The third-order valence-corrected chi connectivity index (χ3v) is 5.52. The number of benzene rings is 1. The Morgan fingerprint density at radius 1 is 1.20 bits per heavy atom. The lowest BCUT2D eigenvalue weighted by Crippen LogP contribution is -2.29. The summed E-state index contributed by atoms with van der Waals surface area (Å²) < 4.78 is 27.0. The summed E-state index contributed by atoms with van der Waals surface area (Å²) in [5.41, 5.74) is 0.332. The summed E-state index contributed by atoms with van der Waals surface area (Å²) in [6.07, 6.45) is 1.80. The highest BCUT2D eigenvalue weighted by atomic mass is 35.5. The Morgan fingerprint density at radius 3 is 2.30 bits per heavy atom. The van der Waals surface area contributed by atoms with Crippen molar-refractivity contribution in [3.05, 3.63) is 27.7 Å². The quantitative estimate of drug-likeness (QED) is 0.801. The van der Waals surface area contributed by atoms with Crippen molar-refractivity contribution in [1.29, 1.82) is 0 Å². The number of hydrogen-bond donors (Lipinski definition) is 2. The Balaban J connectivity index is 3.03. The zero-order valence-corrected chi connectivity index (χ0v) is 13.8. The van der Waals surface area contributed by atoms with E-state index in [0.29, 0.717) is 12.1 Å². The van der Waals surface area contributed by atoms with E-state index in [0.717, 1.165) is 12.8 Å². The van der Waals surface area contributed by atoms with Gasteiger partial charge in [-0.1, -0.05) is 49.9 Å². The third kappa shape index (κ3) is 4.33. The van der Waals surface area contributed by atoms with E-state index in [9.17, 15) is 8.42 Å². The van der Waals surface area contributed by atoms with E-state index in [4.69, 9.17) is 28.3 Å². The summed E-state index contributed by atoms with van der Waals surface area (Å²) in [4.78, 5) is -0.0569. The molecule has 1 aromatic carbocycles. The minimum Gasteiger partial charge on any atom is -0.392 e. The van der Waals surface area contributed by atoms with Crippen molar-refractivity contribution in [2.75, 3.05) is 6.54 Å². The number of aliphatic hydroxyl groups excluding tert-OH is 1. The van der Waals surface area contributed by atoms with E-state index in [1.54, 1.807) is 0 Å². The van der Waals surface area contributed by atoms with Crippen LogP contribution in [0.1, 0.15) is 32.3 Å². The summed E-state index contributed by atoms with van der Waals surface area (Å²) in [7, 11) is -3.71. The van der Waals surface area contributed by atoms with Gasteiger partial charge in [-0.05, 0) is 23.6 Å². The second-order valence-electron chi connectivity index (χ2n) is 4.57. The van der Waals surface area contributed by atoms with E-state index in [1.165, 1.54) is 12.1 Å². The zero-order chi connectivity index (χ0) is 15.3. The van der Waals surface area contributed by atoms with Gasteiger partial charge in [0.15, 0.2) is 0 Å². The van der Waals surface area contributed by atoms with Crippen LogP contribution in [0.25, 0.3) is 0 Å². The van der Waals surface area contributed by atoms with E-state index < -0.39 is 10.0 Å². The smallest absolute Gasteiger partial charge is 0.242 e.